The van der Waals surface area contributed by atoms with E-state index >= 15 is 0 Å². The van der Waals surface area contributed by atoms with Gasteiger partial charge in [-0.25, -0.2) is 19.8 Å². The van der Waals surface area contributed by atoms with Crippen molar-refractivity contribution in [2.45, 2.75) is 13.0 Å². The van der Waals surface area contributed by atoms with Gasteiger partial charge in [0.1, 0.15) is 18.2 Å². The smallest absolute Gasteiger partial charge is 0.236 e. The molecule has 170 valence electrons. The molecule has 1 aliphatic rings. The van der Waals surface area contributed by atoms with Crippen LogP contribution in [0.1, 0.15) is 18.6 Å². The first-order chi connectivity index (χ1) is 16.0. The minimum absolute atomic E-state index is 0.130. The fourth-order valence-electron chi connectivity index (χ4n) is 3.71. The number of amides is 1. The Balaban J connectivity index is 1.72. The Morgan fingerprint density at radius 3 is 2.79 bits per heavy atom. The Morgan fingerprint density at radius 2 is 2.06 bits per heavy atom. The van der Waals surface area contributed by atoms with Crippen LogP contribution in [0.2, 0.25) is 0 Å². The highest BCUT2D eigenvalue weighted by molar-refractivity contribution is 5.99. The second kappa shape index (κ2) is 9.85. The molecular formula is C24H24FN5O3. The number of ether oxygens (including phenoxy) is 1. The van der Waals surface area contributed by atoms with Crippen LogP contribution in [0.4, 0.5) is 10.1 Å². The molecule has 0 aliphatic carbocycles. The van der Waals surface area contributed by atoms with E-state index in [0.717, 1.165) is 18.8 Å². The quantitative estimate of drug-likeness (QED) is 0.443. The lowest BCUT2D eigenvalue weighted by Crippen LogP contribution is -2.36. The fourth-order valence-corrected chi connectivity index (χ4v) is 3.71. The number of carbonyl (C=O) groups excluding carboxylic acids is 1. The van der Waals surface area contributed by atoms with E-state index in [1.54, 1.807) is 0 Å². The molecule has 8 nitrogen and oxygen atoms in total. The van der Waals surface area contributed by atoms with Crippen LogP contribution in [0.15, 0.2) is 60.5 Å². The van der Waals surface area contributed by atoms with Gasteiger partial charge in [0.15, 0.2) is 0 Å². The van der Waals surface area contributed by atoms with Crippen LogP contribution in [0, 0.1) is 5.82 Å². The van der Waals surface area contributed by atoms with E-state index in [-0.39, 0.29) is 17.2 Å². The molecule has 1 aliphatic heterocycles. The second-order valence-electron chi connectivity index (χ2n) is 7.57. The van der Waals surface area contributed by atoms with Crippen molar-refractivity contribution in [3.05, 3.63) is 66.8 Å². The predicted molar refractivity (Wildman–Crippen MR) is 124 cm³/mol. The van der Waals surface area contributed by atoms with Gasteiger partial charge >= 0.3 is 0 Å². The summed E-state index contributed by atoms with van der Waals surface area (Å²) >= 11 is 0. The Bertz CT molecular complexity index is 1220. The van der Waals surface area contributed by atoms with Crippen molar-refractivity contribution in [3.8, 4) is 11.3 Å². The van der Waals surface area contributed by atoms with E-state index in [9.17, 15) is 14.3 Å². The largest absolute Gasteiger partial charge is 0.382 e. The Kier molecular flexibility index (Phi) is 6.71. The number of morpholine rings is 1. The summed E-state index contributed by atoms with van der Waals surface area (Å²) in [5.41, 5.74) is 5.13. The van der Waals surface area contributed by atoms with Crippen molar-refractivity contribution < 1.29 is 19.0 Å². The second-order valence-corrected chi connectivity index (χ2v) is 7.57. The zero-order chi connectivity index (χ0) is 23.4. The maximum Gasteiger partial charge on any atom is 0.236 e. The summed E-state index contributed by atoms with van der Waals surface area (Å²) in [6.45, 7) is 7.86. The van der Waals surface area contributed by atoms with E-state index in [1.165, 1.54) is 37.5 Å². The standard InChI is InChI=1S/C24H24FN5O3/c1-3-21(29-28-15(2)31)24(32)16-4-7-20(25)19(12-16)23-18-6-5-17(13-22(18)26-14-27-23)30-8-10-33-11-9-30/h3-7,12-14,24,32H,1,8-11H2,2H3,(H,28,31)/b29-21+. The van der Waals surface area contributed by atoms with Gasteiger partial charge in [-0.2, -0.15) is 5.10 Å². The van der Waals surface area contributed by atoms with Crippen molar-refractivity contribution in [2.75, 3.05) is 31.2 Å². The van der Waals surface area contributed by atoms with Crippen LogP contribution < -0.4 is 10.3 Å². The van der Waals surface area contributed by atoms with Crippen molar-refractivity contribution >= 4 is 28.2 Å². The van der Waals surface area contributed by atoms with Crippen molar-refractivity contribution in [2.24, 2.45) is 5.10 Å². The molecule has 3 aromatic rings. The highest BCUT2D eigenvalue weighted by atomic mass is 19.1. The molecule has 1 fully saturated rings. The van der Waals surface area contributed by atoms with Crippen LogP contribution in [0.5, 0.6) is 0 Å². The molecule has 1 amide bonds. The molecule has 2 aromatic carbocycles. The van der Waals surface area contributed by atoms with Crippen molar-refractivity contribution in [1.29, 1.82) is 0 Å². The number of hydrazone groups is 1. The van der Waals surface area contributed by atoms with Gasteiger partial charge in [-0.05, 0) is 42.0 Å². The molecular weight excluding hydrogens is 425 g/mol. The molecule has 0 radical (unpaired) electrons. The lowest BCUT2D eigenvalue weighted by atomic mass is 9.98. The summed E-state index contributed by atoms with van der Waals surface area (Å²) in [5.74, 6) is -0.868. The van der Waals surface area contributed by atoms with Gasteiger partial charge in [-0.15, -0.1) is 0 Å². The van der Waals surface area contributed by atoms with Gasteiger partial charge in [0.25, 0.3) is 0 Å². The third kappa shape index (κ3) is 4.89. The summed E-state index contributed by atoms with van der Waals surface area (Å²) in [6.07, 6.45) is 1.52. The first-order valence-corrected chi connectivity index (χ1v) is 10.5. The average molecular weight is 449 g/mol. The number of rotatable bonds is 6. The molecule has 2 N–H and O–H groups in total. The van der Waals surface area contributed by atoms with Gasteiger partial charge < -0.3 is 14.7 Å². The van der Waals surface area contributed by atoms with E-state index in [4.69, 9.17) is 4.74 Å². The van der Waals surface area contributed by atoms with Gasteiger partial charge in [0.05, 0.1) is 30.1 Å². The molecule has 1 unspecified atom stereocenters. The minimum atomic E-state index is -1.21. The highest BCUT2D eigenvalue weighted by Crippen LogP contribution is 2.32. The number of aromatic nitrogens is 2. The number of fused-ring (bicyclic) bond motifs is 1. The van der Waals surface area contributed by atoms with Gasteiger partial charge in [0, 0.05) is 36.7 Å². The highest BCUT2D eigenvalue weighted by Gasteiger charge is 2.19. The first-order valence-electron chi connectivity index (χ1n) is 10.5. The topological polar surface area (TPSA) is 99.9 Å². The molecule has 0 spiro atoms. The van der Waals surface area contributed by atoms with Crippen LogP contribution >= 0.6 is 0 Å². The minimum Gasteiger partial charge on any atom is -0.382 e. The molecule has 9 heteroatoms. The molecule has 0 saturated carbocycles. The Hall–Kier alpha value is -3.69. The number of nitrogens with one attached hydrogen (secondary N) is 1. The summed E-state index contributed by atoms with van der Waals surface area (Å²) in [4.78, 5) is 22.1. The van der Waals surface area contributed by atoms with E-state index in [2.05, 4.69) is 32.0 Å². The number of anilines is 1. The van der Waals surface area contributed by atoms with Gasteiger partial charge in [-0.1, -0.05) is 12.6 Å². The third-order valence-electron chi connectivity index (χ3n) is 5.39. The lowest BCUT2D eigenvalue weighted by molar-refractivity contribution is -0.118. The molecule has 0 bridgehead atoms. The number of halogens is 1. The Labute approximate surface area is 190 Å². The number of aliphatic hydroxyl groups excluding tert-OH is 1. The molecule has 2 heterocycles. The molecule has 4 rings (SSSR count). The third-order valence-corrected chi connectivity index (χ3v) is 5.39. The zero-order valence-electron chi connectivity index (χ0n) is 18.2. The van der Waals surface area contributed by atoms with Gasteiger partial charge in [-0.3, -0.25) is 4.79 Å². The Morgan fingerprint density at radius 1 is 1.27 bits per heavy atom. The molecule has 1 atom stereocenters. The van der Waals surface area contributed by atoms with E-state index in [1.807, 2.05) is 18.2 Å². The monoisotopic (exact) mass is 449 g/mol. The predicted octanol–water partition coefficient (Wildman–Crippen LogP) is 2.98. The number of hydrogen-bond donors (Lipinski definition) is 2. The summed E-state index contributed by atoms with van der Waals surface area (Å²) in [7, 11) is 0. The first kappa shape index (κ1) is 22.5. The number of aliphatic hydroxyl groups is 1. The van der Waals surface area contributed by atoms with E-state index < -0.39 is 11.9 Å². The van der Waals surface area contributed by atoms with Crippen LogP contribution in [-0.4, -0.2) is 53.0 Å². The summed E-state index contributed by atoms with van der Waals surface area (Å²) < 4.78 is 20.3. The number of nitrogens with zero attached hydrogens (tertiary/aromatic N) is 4. The number of hydrogen-bond acceptors (Lipinski definition) is 7. The molecule has 1 aromatic heterocycles. The van der Waals surface area contributed by atoms with Crippen molar-refractivity contribution in [3.63, 3.8) is 0 Å². The van der Waals surface area contributed by atoms with Crippen LogP contribution in [0.25, 0.3) is 22.2 Å². The van der Waals surface area contributed by atoms with Crippen molar-refractivity contribution in [1.82, 2.24) is 15.4 Å². The average Bonchev–Trinajstić information content (AvgIpc) is 2.84. The lowest BCUT2D eigenvalue weighted by Gasteiger charge is -2.29. The fraction of sp³-hybridized carbons (Fsp3) is 0.250. The van der Waals surface area contributed by atoms with Gasteiger partial charge in [0.2, 0.25) is 5.91 Å². The van der Waals surface area contributed by atoms with Crippen LogP contribution in [-0.2, 0) is 9.53 Å². The normalized spacial score (nSPS) is 15.4. The van der Waals surface area contributed by atoms with Crippen LogP contribution in [0.3, 0.4) is 0 Å². The molecule has 33 heavy (non-hydrogen) atoms. The summed E-state index contributed by atoms with van der Waals surface area (Å²) in [5, 5.41) is 15.3. The number of benzene rings is 2. The van der Waals surface area contributed by atoms with E-state index in [0.29, 0.717) is 35.4 Å². The molecule has 1 saturated heterocycles. The number of carbonyl (C=O) groups is 1. The zero-order valence-corrected chi connectivity index (χ0v) is 18.2. The maximum atomic E-state index is 14.9. The SMILES string of the molecule is C=C/C(=N\NC(C)=O)C(O)c1ccc(F)c(-c2ncnc3cc(N4CCOCC4)ccc23)c1. The maximum absolute atomic E-state index is 14.9. The summed E-state index contributed by atoms with van der Waals surface area (Å²) in [6, 6.07) is 10.0.